The standard InChI is InChI=1S/C16H9BrClNO/c17-13-4-2-1-3-12(13)14-8-7-10-5-6-11(16(18)20)9-15(10)19-14/h1-9H. The maximum atomic E-state index is 11.2. The number of carbonyl (C=O) groups is 1. The Hall–Kier alpha value is -1.71. The number of aromatic nitrogens is 1. The highest BCUT2D eigenvalue weighted by molar-refractivity contribution is 9.10. The lowest BCUT2D eigenvalue weighted by Gasteiger charge is -2.06. The van der Waals surface area contributed by atoms with Gasteiger partial charge in [0.25, 0.3) is 5.24 Å². The third-order valence-electron chi connectivity index (χ3n) is 3.07. The van der Waals surface area contributed by atoms with E-state index in [0.29, 0.717) is 5.56 Å². The van der Waals surface area contributed by atoms with Gasteiger partial charge in [0.05, 0.1) is 11.2 Å². The molecular formula is C16H9BrClNO. The predicted octanol–water partition coefficient (Wildman–Crippen LogP) is 5.04. The van der Waals surface area contributed by atoms with Crippen molar-refractivity contribution in [1.29, 1.82) is 0 Å². The van der Waals surface area contributed by atoms with Crippen molar-refractivity contribution in [3.8, 4) is 11.3 Å². The number of pyridine rings is 1. The molecular weight excluding hydrogens is 338 g/mol. The molecule has 0 bridgehead atoms. The molecule has 0 unspecified atom stereocenters. The van der Waals surface area contributed by atoms with Gasteiger partial charge in [-0.2, -0.15) is 0 Å². The van der Waals surface area contributed by atoms with Crippen molar-refractivity contribution in [3.05, 3.63) is 64.6 Å². The molecule has 1 aromatic heterocycles. The zero-order valence-corrected chi connectivity index (χ0v) is 12.6. The van der Waals surface area contributed by atoms with Crippen LogP contribution >= 0.6 is 27.5 Å². The van der Waals surface area contributed by atoms with Crippen LogP contribution in [-0.2, 0) is 0 Å². The number of benzene rings is 2. The molecule has 20 heavy (non-hydrogen) atoms. The van der Waals surface area contributed by atoms with Gasteiger partial charge in [0.2, 0.25) is 0 Å². The summed E-state index contributed by atoms with van der Waals surface area (Å²) < 4.78 is 0.983. The molecule has 0 saturated carbocycles. The maximum Gasteiger partial charge on any atom is 0.252 e. The first-order valence-corrected chi connectivity index (χ1v) is 7.18. The molecule has 0 saturated heterocycles. The quantitative estimate of drug-likeness (QED) is 0.608. The molecule has 0 aliphatic rings. The Morgan fingerprint density at radius 2 is 1.80 bits per heavy atom. The normalized spacial score (nSPS) is 10.7. The number of carbonyl (C=O) groups excluding carboxylic acids is 1. The van der Waals surface area contributed by atoms with Crippen LogP contribution in [0.25, 0.3) is 22.2 Å². The van der Waals surface area contributed by atoms with Crippen molar-refractivity contribution < 1.29 is 4.79 Å². The van der Waals surface area contributed by atoms with E-state index in [1.165, 1.54) is 0 Å². The summed E-state index contributed by atoms with van der Waals surface area (Å²) in [6.07, 6.45) is 0. The van der Waals surface area contributed by atoms with Crippen LogP contribution in [-0.4, -0.2) is 10.2 Å². The second kappa shape index (κ2) is 5.35. The molecule has 2 aromatic carbocycles. The monoisotopic (exact) mass is 345 g/mol. The van der Waals surface area contributed by atoms with E-state index in [2.05, 4.69) is 20.9 Å². The molecule has 0 amide bonds. The van der Waals surface area contributed by atoms with Gasteiger partial charge < -0.3 is 0 Å². The molecule has 3 aromatic rings. The van der Waals surface area contributed by atoms with E-state index in [9.17, 15) is 4.79 Å². The molecule has 0 aliphatic carbocycles. The number of halogens is 2. The van der Waals surface area contributed by atoms with E-state index in [-0.39, 0.29) is 0 Å². The molecule has 1 heterocycles. The Morgan fingerprint density at radius 3 is 2.55 bits per heavy atom. The molecule has 0 spiro atoms. The summed E-state index contributed by atoms with van der Waals surface area (Å²) in [6.45, 7) is 0. The fraction of sp³-hybridized carbons (Fsp3) is 0. The smallest absolute Gasteiger partial charge is 0.252 e. The third kappa shape index (κ3) is 2.47. The Balaban J connectivity index is 2.19. The van der Waals surface area contributed by atoms with E-state index in [1.807, 2.05) is 42.5 Å². The highest BCUT2D eigenvalue weighted by Crippen LogP contribution is 2.28. The molecule has 0 N–H and O–H groups in total. The van der Waals surface area contributed by atoms with Gasteiger partial charge in [-0.05, 0) is 35.9 Å². The van der Waals surface area contributed by atoms with Gasteiger partial charge in [0, 0.05) is 21.0 Å². The first-order chi connectivity index (χ1) is 9.65. The molecule has 0 radical (unpaired) electrons. The summed E-state index contributed by atoms with van der Waals surface area (Å²) in [6, 6.07) is 17.1. The van der Waals surface area contributed by atoms with E-state index >= 15 is 0 Å². The highest BCUT2D eigenvalue weighted by Gasteiger charge is 2.07. The predicted molar refractivity (Wildman–Crippen MR) is 85.1 cm³/mol. The first-order valence-electron chi connectivity index (χ1n) is 6.01. The molecule has 2 nitrogen and oxygen atoms in total. The van der Waals surface area contributed by atoms with Crippen LogP contribution in [0.1, 0.15) is 10.4 Å². The lowest BCUT2D eigenvalue weighted by molar-refractivity contribution is 0.108. The topological polar surface area (TPSA) is 30.0 Å². The Labute approximate surface area is 129 Å². The first kappa shape index (κ1) is 13.3. The van der Waals surface area contributed by atoms with E-state index in [4.69, 9.17) is 11.6 Å². The van der Waals surface area contributed by atoms with Gasteiger partial charge in [-0.25, -0.2) is 4.98 Å². The van der Waals surface area contributed by atoms with Gasteiger partial charge in [-0.1, -0.05) is 46.3 Å². The number of hydrogen-bond donors (Lipinski definition) is 0. The minimum Gasteiger partial charge on any atom is -0.276 e. The largest absolute Gasteiger partial charge is 0.276 e. The van der Waals surface area contributed by atoms with Gasteiger partial charge in [-0.15, -0.1) is 0 Å². The average Bonchev–Trinajstić information content (AvgIpc) is 2.46. The molecule has 0 atom stereocenters. The summed E-state index contributed by atoms with van der Waals surface area (Å²) in [5.74, 6) is 0. The zero-order chi connectivity index (χ0) is 14.1. The van der Waals surface area contributed by atoms with Crippen molar-refractivity contribution in [2.75, 3.05) is 0 Å². The molecule has 98 valence electrons. The summed E-state index contributed by atoms with van der Waals surface area (Å²) in [5.41, 5.74) is 3.07. The Morgan fingerprint density at radius 1 is 1.05 bits per heavy atom. The van der Waals surface area contributed by atoms with Crippen LogP contribution in [0.4, 0.5) is 0 Å². The summed E-state index contributed by atoms with van der Waals surface area (Å²) >= 11 is 9.03. The molecule has 0 fully saturated rings. The van der Waals surface area contributed by atoms with Gasteiger partial charge in [-0.3, -0.25) is 4.79 Å². The highest BCUT2D eigenvalue weighted by atomic mass is 79.9. The molecule has 0 aliphatic heterocycles. The minimum atomic E-state index is -0.472. The van der Waals surface area contributed by atoms with Crippen LogP contribution < -0.4 is 0 Å². The fourth-order valence-electron chi connectivity index (χ4n) is 2.06. The summed E-state index contributed by atoms with van der Waals surface area (Å²) in [7, 11) is 0. The second-order valence-corrected chi connectivity index (χ2v) is 5.56. The number of rotatable bonds is 2. The third-order valence-corrected chi connectivity index (χ3v) is 3.98. The number of nitrogens with zero attached hydrogens (tertiary/aromatic N) is 1. The van der Waals surface area contributed by atoms with Crippen molar-refractivity contribution in [3.63, 3.8) is 0 Å². The van der Waals surface area contributed by atoms with Crippen LogP contribution in [0.2, 0.25) is 0 Å². The maximum absolute atomic E-state index is 11.2. The number of fused-ring (bicyclic) bond motifs is 1. The summed E-state index contributed by atoms with van der Waals surface area (Å²) in [4.78, 5) is 15.8. The minimum absolute atomic E-state index is 0.455. The van der Waals surface area contributed by atoms with Crippen LogP contribution in [0.5, 0.6) is 0 Å². The molecule has 4 heteroatoms. The van der Waals surface area contributed by atoms with Gasteiger partial charge in [0.15, 0.2) is 0 Å². The van der Waals surface area contributed by atoms with E-state index < -0.39 is 5.24 Å². The van der Waals surface area contributed by atoms with Crippen molar-refractivity contribution >= 4 is 43.7 Å². The van der Waals surface area contributed by atoms with Crippen molar-refractivity contribution in [2.45, 2.75) is 0 Å². The number of hydrogen-bond acceptors (Lipinski definition) is 2. The SMILES string of the molecule is O=C(Cl)c1ccc2ccc(-c3ccccc3Br)nc2c1. The van der Waals surface area contributed by atoms with Gasteiger partial charge in [0.1, 0.15) is 0 Å². The fourth-order valence-corrected chi connectivity index (χ4v) is 2.66. The van der Waals surface area contributed by atoms with Crippen LogP contribution in [0, 0.1) is 0 Å². The second-order valence-electron chi connectivity index (χ2n) is 4.36. The molecule has 3 rings (SSSR count). The lowest BCUT2D eigenvalue weighted by atomic mass is 10.1. The van der Waals surface area contributed by atoms with E-state index in [0.717, 1.165) is 26.6 Å². The Bertz CT molecular complexity index is 816. The van der Waals surface area contributed by atoms with Crippen molar-refractivity contribution in [2.24, 2.45) is 0 Å². The van der Waals surface area contributed by atoms with Crippen LogP contribution in [0.3, 0.4) is 0 Å². The summed E-state index contributed by atoms with van der Waals surface area (Å²) in [5, 5.41) is 0.502. The van der Waals surface area contributed by atoms with E-state index in [1.54, 1.807) is 12.1 Å². The zero-order valence-electron chi connectivity index (χ0n) is 10.3. The van der Waals surface area contributed by atoms with Crippen molar-refractivity contribution in [1.82, 2.24) is 4.98 Å². The van der Waals surface area contributed by atoms with Crippen LogP contribution in [0.15, 0.2) is 59.1 Å². The van der Waals surface area contributed by atoms with Gasteiger partial charge >= 0.3 is 0 Å². The Kier molecular flexibility index (Phi) is 3.55. The average molecular weight is 347 g/mol. The lowest BCUT2D eigenvalue weighted by Crippen LogP contribution is -1.91.